The van der Waals surface area contributed by atoms with Crippen molar-refractivity contribution in [2.24, 2.45) is 0 Å². The Bertz CT molecular complexity index is 524. The van der Waals surface area contributed by atoms with Crippen LogP contribution in [0.4, 0.5) is 4.39 Å². The maximum absolute atomic E-state index is 13.5. The molecule has 0 amide bonds. The first-order chi connectivity index (χ1) is 8.15. The Morgan fingerprint density at radius 2 is 2.06 bits per heavy atom. The summed E-state index contributed by atoms with van der Waals surface area (Å²) in [5.41, 5.74) is 1.92. The number of benzene rings is 1. The van der Waals surface area contributed by atoms with E-state index in [-0.39, 0.29) is 16.9 Å². The van der Waals surface area contributed by atoms with Crippen molar-refractivity contribution in [2.75, 3.05) is 7.05 Å². The first-order valence-corrected chi connectivity index (χ1v) is 6.56. The maximum Gasteiger partial charge on any atom is 0.142 e. The number of hydrogen-bond donors (Lipinski definition) is 1. The highest BCUT2D eigenvalue weighted by atomic mass is 35.5. The molecular formula is C13H13ClFNS. The van der Waals surface area contributed by atoms with E-state index in [0.29, 0.717) is 0 Å². The predicted octanol–water partition coefficient (Wildman–Crippen LogP) is 4.16. The highest BCUT2D eigenvalue weighted by Gasteiger charge is 2.19. The summed E-state index contributed by atoms with van der Waals surface area (Å²) in [6, 6.07) is 6.89. The average molecular weight is 270 g/mol. The minimum atomic E-state index is -0.378. The minimum absolute atomic E-state index is 0.0653. The number of thiophene rings is 1. The van der Waals surface area contributed by atoms with Crippen LogP contribution in [0, 0.1) is 12.7 Å². The van der Waals surface area contributed by atoms with E-state index in [1.54, 1.807) is 17.4 Å². The Labute approximate surface area is 109 Å². The van der Waals surface area contributed by atoms with Gasteiger partial charge in [0.05, 0.1) is 11.1 Å². The minimum Gasteiger partial charge on any atom is -0.309 e. The lowest BCUT2D eigenvalue weighted by atomic mass is 9.99. The molecule has 0 spiro atoms. The van der Waals surface area contributed by atoms with Gasteiger partial charge in [-0.05, 0) is 42.6 Å². The van der Waals surface area contributed by atoms with Crippen LogP contribution >= 0.6 is 22.9 Å². The zero-order valence-electron chi connectivity index (χ0n) is 9.63. The van der Waals surface area contributed by atoms with Gasteiger partial charge in [-0.15, -0.1) is 11.3 Å². The van der Waals surface area contributed by atoms with Crippen LogP contribution in [0.1, 0.15) is 22.0 Å². The van der Waals surface area contributed by atoms with Gasteiger partial charge in [0.1, 0.15) is 5.82 Å². The third-order valence-corrected chi connectivity index (χ3v) is 4.05. The molecular weight excluding hydrogens is 257 g/mol. The molecule has 17 heavy (non-hydrogen) atoms. The van der Waals surface area contributed by atoms with E-state index in [0.717, 1.165) is 11.1 Å². The molecule has 0 aliphatic heterocycles. The molecule has 0 radical (unpaired) electrons. The van der Waals surface area contributed by atoms with Gasteiger partial charge in [0, 0.05) is 4.88 Å². The highest BCUT2D eigenvalue weighted by Crippen LogP contribution is 2.32. The Balaban J connectivity index is 2.50. The molecule has 4 heteroatoms. The molecule has 1 aromatic carbocycles. The molecule has 0 bridgehead atoms. The predicted molar refractivity (Wildman–Crippen MR) is 71.4 cm³/mol. The largest absolute Gasteiger partial charge is 0.309 e. The summed E-state index contributed by atoms with van der Waals surface area (Å²) in [5, 5.41) is 5.41. The van der Waals surface area contributed by atoms with Gasteiger partial charge in [0.25, 0.3) is 0 Å². The molecule has 0 aliphatic carbocycles. The molecule has 1 nitrogen and oxygen atoms in total. The van der Waals surface area contributed by atoms with Crippen LogP contribution < -0.4 is 5.32 Å². The van der Waals surface area contributed by atoms with Crippen LogP contribution in [0.3, 0.4) is 0 Å². The van der Waals surface area contributed by atoms with Gasteiger partial charge >= 0.3 is 0 Å². The Kier molecular flexibility index (Phi) is 3.82. The van der Waals surface area contributed by atoms with Crippen LogP contribution in [0.15, 0.2) is 29.6 Å². The van der Waals surface area contributed by atoms with E-state index in [1.807, 2.05) is 24.6 Å². The van der Waals surface area contributed by atoms with Gasteiger partial charge < -0.3 is 5.32 Å². The first-order valence-electron chi connectivity index (χ1n) is 5.30. The number of rotatable bonds is 3. The summed E-state index contributed by atoms with van der Waals surface area (Å²) in [6.07, 6.45) is 0. The normalized spacial score (nSPS) is 12.7. The zero-order chi connectivity index (χ0) is 12.4. The van der Waals surface area contributed by atoms with Gasteiger partial charge in [-0.1, -0.05) is 23.7 Å². The molecule has 0 fully saturated rings. The third-order valence-electron chi connectivity index (χ3n) is 2.79. The lowest BCUT2D eigenvalue weighted by Crippen LogP contribution is -2.18. The lowest BCUT2D eigenvalue weighted by molar-refractivity contribution is 0.617. The summed E-state index contributed by atoms with van der Waals surface area (Å²) in [7, 11) is 1.85. The molecule has 0 saturated heterocycles. The average Bonchev–Trinajstić information content (AvgIpc) is 2.72. The monoisotopic (exact) mass is 269 g/mol. The molecule has 2 aromatic rings. The topological polar surface area (TPSA) is 12.0 Å². The summed E-state index contributed by atoms with van der Waals surface area (Å²) in [4.78, 5) is 1.21. The van der Waals surface area contributed by atoms with Crippen LogP contribution in [-0.4, -0.2) is 7.05 Å². The fraction of sp³-hybridized carbons (Fsp3) is 0.231. The number of aryl methyl sites for hydroxylation is 1. The second-order valence-corrected chi connectivity index (χ2v) is 5.30. The van der Waals surface area contributed by atoms with Gasteiger partial charge in [-0.3, -0.25) is 0 Å². The molecule has 1 N–H and O–H groups in total. The molecule has 2 rings (SSSR count). The quantitative estimate of drug-likeness (QED) is 0.882. The van der Waals surface area contributed by atoms with Crippen LogP contribution in [-0.2, 0) is 0 Å². The third kappa shape index (κ3) is 2.37. The van der Waals surface area contributed by atoms with Crippen molar-refractivity contribution in [3.05, 3.63) is 56.5 Å². The van der Waals surface area contributed by atoms with E-state index in [1.165, 1.54) is 10.9 Å². The van der Waals surface area contributed by atoms with Gasteiger partial charge in [-0.25, -0.2) is 4.39 Å². The molecule has 0 aliphatic rings. The Morgan fingerprint density at radius 3 is 2.65 bits per heavy atom. The molecule has 1 aromatic heterocycles. The van der Waals surface area contributed by atoms with Crippen molar-refractivity contribution in [1.29, 1.82) is 0 Å². The standard InChI is InChI=1S/C13H13ClFNS/c1-8-9(6-7-17-8)13(16-2)10-4-3-5-11(15)12(10)14/h3-7,13,16H,1-2H3. The van der Waals surface area contributed by atoms with E-state index in [4.69, 9.17) is 11.6 Å². The van der Waals surface area contributed by atoms with E-state index < -0.39 is 0 Å². The molecule has 0 saturated carbocycles. The lowest BCUT2D eigenvalue weighted by Gasteiger charge is -2.18. The number of nitrogens with one attached hydrogen (secondary N) is 1. The van der Waals surface area contributed by atoms with E-state index in [9.17, 15) is 4.39 Å². The highest BCUT2D eigenvalue weighted by molar-refractivity contribution is 7.10. The second-order valence-electron chi connectivity index (χ2n) is 3.80. The summed E-state index contributed by atoms with van der Waals surface area (Å²) in [5.74, 6) is -0.378. The van der Waals surface area contributed by atoms with E-state index in [2.05, 4.69) is 12.2 Å². The second kappa shape index (κ2) is 5.17. The number of hydrogen-bond acceptors (Lipinski definition) is 2. The Morgan fingerprint density at radius 1 is 1.29 bits per heavy atom. The molecule has 90 valence electrons. The maximum atomic E-state index is 13.5. The summed E-state index contributed by atoms with van der Waals surface area (Å²) >= 11 is 7.70. The van der Waals surface area contributed by atoms with Gasteiger partial charge in [0.2, 0.25) is 0 Å². The van der Waals surface area contributed by atoms with Crippen LogP contribution in [0.2, 0.25) is 5.02 Å². The van der Waals surface area contributed by atoms with Crippen LogP contribution in [0.25, 0.3) is 0 Å². The molecule has 1 unspecified atom stereocenters. The smallest absolute Gasteiger partial charge is 0.142 e. The summed E-state index contributed by atoms with van der Waals surface area (Å²) < 4.78 is 13.5. The van der Waals surface area contributed by atoms with Crippen molar-refractivity contribution in [2.45, 2.75) is 13.0 Å². The Hall–Kier alpha value is -0.900. The van der Waals surface area contributed by atoms with Crippen LogP contribution in [0.5, 0.6) is 0 Å². The SMILES string of the molecule is CNC(c1ccsc1C)c1cccc(F)c1Cl. The first kappa shape index (κ1) is 12.6. The fourth-order valence-electron chi connectivity index (χ4n) is 1.92. The van der Waals surface area contributed by atoms with Crippen molar-refractivity contribution < 1.29 is 4.39 Å². The van der Waals surface area contributed by atoms with Gasteiger partial charge in [0.15, 0.2) is 0 Å². The molecule has 1 heterocycles. The number of halogens is 2. The fourth-order valence-corrected chi connectivity index (χ4v) is 2.89. The summed E-state index contributed by atoms with van der Waals surface area (Å²) in [6.45, 7) is 2.05. The van der Waals surface area contributed by atoms with Crippen molar-refractivity contribution >= 4 is 22.9 Å². The van der Waals surface area contributed by atoms with Crippen molar-refractivity contribution in [1.82, 2.24) is 5.32 Å². The molecule has 1 atom stereocenters. The zero-order valence-corrected chi connectivity index (χ0v) is 11.2. The van der Waals surface area contributed by atoms with Crippen molar-refractivity contribution in [3.8, 4) is 0 Å². The van der Waals surface area contributed by atoms with E-state index >= 15 is 0 Å². The van der Waals surface area contributed by atoms with Gasteiger partial charge in [-0.2, -0.15) is 0 Å². The van der Waals surface area contributed by atoms with Crippen molar-refractivity contribution in [3.63, 3.8) is 0 Å².